The fraction of sp³-hybridized carbons (Fsp3) is 0.346. The molecule has 5 atom stereocenters. The van der Waals surface area contributed by atoms with Crippen LogP contribution in [0.25, 0.3) is 10.4 Å². The van der Waals surface area contributed by atoms with E-state index >= 15 is 0 Å². The van der Waals surface area contributed by atoms with Crippen LogP contribution in [0.5, 0.6) is 0 Å². The Morgan fingerprint density at radius 2 is 1.76 bits per heavy atom. The number of carbonyl (C=O) groups excluding carboxylic acids is 1. The van der Waals surface area contributed by atoms with Gasteiger partial charge in [-0.25, -0.2) is 4.39 Å². The second kappa shape index (κ2) is 10.3. The predicted octanol–water partition coefficient (Wildman–Crippen LogP) is 3.54. The number of halogens is 1. The van der Waals surface area contributed by atoms with E-state index in [1.54, 1.807) is 23.5 Å². The number of thiophene rings is 1. The summed E-state index contributed by atoms with van der Waals surface area (Å²) >= 11 is 1.62. The molecule has 4 rings (SSSR count). The third-order valence-electron chi connectivity index (χ3n) is 6.16. The molecule has 6 nitrogen and oxygen atoms in total. The van der Waals surface area contributed by atoms with Crippen LogP contribution in [0.4, 0.5) is 4.39 Å². The second-order valence-corrected chi connectivity index (χ2v) is 9.65. The molecule has 0 spiro atoms. The maximum atomic E-state index is 13.2. The quantitative estimate of drug-likeness (QED) is 0.462. The van der Waals surface area contributed by atoms with E-state index < -0.39 is 36.5 Å². The summed E-state index contributed by atoms with van der Waals surface area (Å²) in [7, 11) is 1.23. The number of hydrogen-bond acceptors (Lipinski definition) is 7. The number of benzene rings is 2. The molecule has 3 aromatic rings. The Bertz CT molecular complexity index is 1140. The van der Waals surface area contributed by atoms with Crippen LogP contribution >= 0.6 is 11.3 Å². The molecule has 1 aromatic heterocycles. The Labute approximate surface area is 201 Å². The Kier molecular flexibility index (Phi) is 7.45. The van der Waals surface area contributed by atoms with E-state index in [9.17, 15) is 24.5 Å². The molecule has 0 amide bonds. The van der Waals surface area contributed by atoms with Crippen molar-refractivity contribution in [3.05, 3.63) is 82.0 Å². The van der Waals surface area contributed by atoms with Gasteiger partial charge in [0.1, 0.15) is 30.2 Å². The van der Waals surface area contributed by atoms with Gasteiger partial charge in [-0.1, -0.05) is 30.3 Å². The van der Waals surface area contributed by atoms with Crippen LogP contribution in [-0.2, 0) is 20.7 Å². The van der Waals surface area contributed by atoms with Gasteiger partial charge in [0.2, 0.25) is 0 Å². The minimum Gasteiger partial charge on any atom is -0.469 e. The molecule has 8 heteroatoms. The average Bonchev–Trinajstić information content (AvgIpc) is 3.29. The lowest BCUT2D eigenvalue weighted by atomic mass is 9.88. The van der Waals surface area contributed by atoms with E-state index in [-0.39, 0.29) is 12.2 Å². The third kappa shape index (κ3) is 5.21. The number of aryl methyl sites for hydroxylation is 1. The minimum absolute atomic E-state index is 0.238. The Balaban J connectivity index is 1.56. The van der Waals surface area contributed by atoms with Crippen LogP contribution in [0, 0.1) is 12.7 Å². The fourth-order valence-corrected chi connectivity index (χ4v) is 5.17. The molecule has 34 heavy (non-hydrogen) atoms. The van der Waals surface area contributed by atoms with Gasteiger partial charge >= 0.3 is 5.97 Å². The van der Waals surface area contributed by atoms with Crippen molar-refractivity contribution in [1.29, 1.82) is 0 Å². The van der Waals surface area contributed by atoms with Crippen LogP contribution in [0.2, 0.25) is 0 Å². The number of ether oxygens (including phenoxy) is 2. The molecule has 1 aliphatic heterocycles. The first-order valence-electron chi connectivity index (χ1n) is 11.0. The molecule has 0 radical (unpaired) electrons. The monoisotopic (exact) mass is 486 g/mol. The molecule has 0 aliphatic carbocycles. The highest BCUT2D eigenvalue weighted by atomic mass is 32.1. The number of esters is 1. The maximum absolute atomic E-state index is 13.2. The lowest BCUT2D eigenvalue weighted by Crippen LogP contribution is -2.54. The molecule has 3 N–H and O–H groups in total. The maximum Gasteiger partial charge on any atom is 0.308 e. The lowest BCUT2D eigenvalue weighted by molar-refractivity contribution is -0.227. The summed E-state index contributed by atoms with van der Waals surface area (Å²) in [6, 6.07) is 16.1. The van der Waals surface area contributed by atoms with Crippen LogP contribution in [0.1, 0.15) is 34.1 Å². The average molecular weight is 487 g/mol. The summed E-state index contributed by atoms with van der Waals surface area (Å²) in [5.41, 5.74) is 3.67. The van der Waals surface area contributed by atoms with Crippen molar-refractivity contribution in [3.63, 3.8) is 0 Å². The first-order chi connectivity index (χ1) is 16.3. The van der Waals surface area contributed by atoms with Crippen molar-refractivity contribution in [2.24, 2.45) is 0 Å². The van der Waals surface area contributed by atoms with Crippen LogP contribution in [-0.4, -0.2) is 52.8 Å². The molecule has 0 unspecified atom stereocenters. The highest BCUT2D eigenvalue weighted by molar-refractivity contribution is 7.15. The standard InChI is InChI=1S/C26H27FO6S/c1-14-3-4-16(26-25(31)24(30)23(29)20(33-26)13-22(28)32-2)11-17(14)12-19-9-10-21(34-19)15-5-7-18(27)8-6-15/h3-11,20,23-26,29-31H,12-13H2,1-2H3/t20-,23-,24-,25-,26+/m1/s1. The number of rotatable bonds is 6. The molecule has 2 heterocycles. The number of aliphatic hydroxyl groups excluding tert-OH is 3. The zero-order valence-corrected chi connectivity index (χ0v) is 19.7. The van der Waals surface area contributed by atoms with Gasteiger partial charge in [0.15, 0.2) is 0 Å². The van der Waals surface area contributed by atoms with Crippen LogP contribution in [0.3, 0.4) is 0 Å². The molecule has 0 bridgehead atoms. The number of aliphatic hydroxyl groups is 3. The predicted molar refractivity (Wildman–Crippen MR) is 126 cm³/mol. The van der Waals surface area contributed by atoms with Crippen molar-refractivity contribution in [2.75, 3.05) is 7.11 Å². The van der Waals surface area contributed by atoms with Gasteiger partial charge in [-0.05, 0) is 53.4 Å². The highest BCUT2D eigenvalue weighted by Gasteiger charge is 2.45. The van der Waals surface area contributed by atoms with Gasteiger partial charge < -0.3 is 24.8 Å². The zero-order valence-electron chi connectivity index (χ0n) is 18.8. The molecular formula is C26H27FO6S. The zero-order chi connectivity index (χ0) is 24.4. The van der Waals surface area contributed by atoms with Crippen LogP contribution in [0.15, 0.2) is 54.6 Å². The van der Waals surface area contributed by atoms with Crippen molar-refractivity contribution < 1.29 is 34.0 Å². The summed E-state index contributed by atoms with van der Waals surface area (Å²) in [4.78, 5) is 13.9. The molecule has 2 aromatic carbocycles. The number of hydrogen-bond donors (Lipinski definition) is 3. The largest absolute Gasteiger partial charge is 0.469 e. The number of carbonyl (C=O) groups is 1. The van der Waals surface area contributed by atoms with Crippen molar-refractivity contribution in [1.82, 2.24) is 0 Å². The van der Waals surface area contributed by atoms with E-state index in [1.165, 1.54) is 19.2 Å². The Morgan fingerprint density at radius 3 is 2.47 bits per heavy atom. The molecule has 1 aliphatic rings. The fourth-order valence-electron chi connectivity index (χ4n) is 4.13. The summed E-state index contributed by atoms with van der Waals surface area (Å²) in [5.74, 6) is -0.850. The first kappa shape index (κ1) is 24.5. The van der Waals surface area contributed by atoms with E-state index in [0.29, 0.717) is 12.0 Å². The summed E-state index contributed by atoms with van der Waals surface area (Å²) < 4.78 is 23.8. The number of methoxy groups -OCH3 is 1. The second-order valence-electron chi connectivity index (χ2n) is 8.48. The van der Waals surface area contributed by atoms with E-state index in [0.717, 1.165) is 26.4 Å². The van der Waals surface area contributed by atoms with Gasteiger partial charge in [0.05, 0.1) is 19.6 Å². The smallest absolute Gasteiger partial charge is 0.308 e. The molecular weight excluding hydrogens is 459 g/mol. The normalized spacial score (nSPS) is 24.7. The Hall–Kier alpha value is -2.62. The minimum atomic E-state index is -1.46. The van der Waals surface area contributed by atoms with Crippen molar-refractivity contribution in [3.8, 4) is 10.4 Å². The third-order valence-corrected chi connectivity index (χ3v) is 7.30. The van der Waals surface area contributed by atoms with E-state index in [1.807, 2.05) is 37.3 Å². The molecule has 0 saturated carbocycles. The van der Waals surface area contributed by atoms with Gasteiger partial charge in [0.25, 0.3) is 0 Å². The molecule has 1 saturated heterocycles. The molecule has 180 valence electrons. The van der Waals surface area contributed by atoms with Gasteiger partial charge in [0, 0.05) is 16.2 Å². The lowest BCUT2D eigenvalue weighted by Gasteiger charge is -2.40. The van der Waals surface area contributed by atoms with Gasteiger partial charge in [-0.2, -0.15) is 0 Å². The van der Waals surface area contributed by atoms with E-state index in [2.05, 4.69) is 4.74 Å². The highest BCUT2D eigenvalue weighted by Crippen LogP contribution is 2.35. The topological polar surface area (TPSA) is 96.2 Å². The summed E-state index contributed by atoms with van der Waals surface area (Å²) in [5, 5.41) is 31.2. The first-order valence-corrected chi connectivity index (χ1v) is 11.8. The van der Waals surface area contributed by atoms with Gasteiger partial charge in [-0.15, -0.1) is 11.3 Å². The van der Waals surface area contributed by atoms with Crippen molar-refractivity contribution in [2.45, 2.75) is 50.3 Å². The van der Waals surface area contributed by atoms with E-state index in [4.69, 9.17) is 4.74 Å². The molecule has 1 fully saturated rings. The summed E-state index contributed by atoms with van der Waals surface area (Å²) in [6.45, 7) is 1.99. The van der Waals surface area contributed by atoms with Crippen LogP contribution < -0.4 is 0 Å². The van der Waals surface area contributed by atoms with Crippen molar-refractivity contribution >= 4 is 17.3 Å². The summed E-state index contributed by atoms with van der Waals surface area (Å²) in [6.07, 6.45) is -5.74. The Morgan fingerprint density at radius 1 is 1.03 bits per heavy atom. The van der Waals surface area contributed by atoms with Gasteiger partial charge in [-0.3, -0.25) is 4.79 Å². The SMILES string of the molecule is COC(=O)C[C@H]1O[C@@H](c2ccc(C)c(Cc3ccc(-c4ccc(F)cc4)s3)c2)[C@H](O)[C@H](O)[C@@H]1O.